The molecule has 1 aliphatic carbocycles. The fourth-order valence-electron chi connectivity index (χ4n) is 2.02. The molecule has 0 unspecified atom stereocenters. The van der Waals surface area contributed by atoms with Crippen LogP contribution in [0.15, 0.2) is 0 Å². The van der Waals surface area contributed by atoms with Gasteiger partial charge in [-0.05, 0) is 33.1 Å². The second kappa shape index (κ2) is 3.76. The standard InChI is InChI=1S/C11H20N2O2/c1-10(4-3-5-10)13-9(14)6-15-11(2)7-12-8-11/h12H,3-8H2,1-2H3,(H,13,14). The van der Waals surface area contributed by atoms with Gasteiger partial charge in [0, 0.05) is 18.6 Å². The van der Waals surface area contributed by atoms with Gasteiger partial charge in [0.2, 0.25) is 5.91 Å². The van der Waals surface area contributed by atoms with Crippen LogP contribution in [-0.4, -0.2) is 36.7 Å². The zero-order chi connectivity index (χ0) is 10.9. The maximum atomic E-state index is 11.6. The Labute approximate surface area is 90.8 Å². The molecule has 4 heteroatoms. The maximum absolute atomic E-state index is 11.6. The molecule has 1 saturated heterocycles. The van der Waals surface area contributed by atoms with Gasteiger partial charge >= 0.3 is 0 Å². The van der Waals surface area contributed by atoms with Crippen molar-refractivity contribution < 1.29 is 9.53 Å². The molecule has 0 spiro atoms. The molecular weight excluding hydrogens is 192 g/mol. The number of carbonyl (C=O) groups is 1. The van der Waals surface area contributed by atoms with Gasteiger partial charge in [0.1, 0.15) is 6.61 Å². The molecule has 2 N–H and O–H groups in total. The Kier molecular flexibility index (Phi) is 2.73. The minimum absolute atomic E-state index is 0.0188. The lowest BCUT2D eigenvalue weighted by molar-refractivity contribution is -0.138. The van der Waals surface area contributed by atoms with Crippen molar-refractivity contribution in [2.75, 3.05) is 19.7 Å². The highest BCUT2D eigenvalue weighted by Gasteiger charge is 2.35. The van der Waals surface area contributed by atoms with E-state index < -0.39 is 0 Å². The average Bonchev–Trinajstić information content (AvgIpc) is 2.09. The van der Waals surface area contributed by atoms with Crippen LogP contribution in [0.1, 0.15) is 33.1 Å². The molecule has 1 heterocycles. The van der Waals surface area contributed by atoms with E-state index in [9.17, 15) is 4.79 Å². The quantitative estimate of drug-likeness (QED) is 0.710. The van der Waals surface area contributed by atoms with Gasteiger partial charge in [-0.15, -0.1) is 0 Å². The Bertz CT molecular complexity index is 257. The van der Waals surface area contributed by atoms with E-state index in [0.717, 1.165) is 25.9 Å². The Balaban J connectivity index is 1.68. The number of hydrogen-bond donors (Lipinski definition) is 2. The van der Waals surface area contributed by atoms with Crippen LogP contribution < -0.4 is 10.6 Å². The minimum Gasteiger partial charge on any atom is -0.363 e. The Morgan fingerprint density at radius 2 is 2.07 bits per heavy atom. The highest BCUT2D eigenvalue weighted by atomic mass is 16.5. The number of rotatable bonds is 4. The second-order valence-electron chi connectivity index (χ2n) is 5.30. The summed E-state index contributed by atoms with van der Waals surface area (Å²) in [7, 11) is 0. The predicted molar refractivity (Wildman–Crippen MR) is 57.6 cm³/mol. The Morgan fingerprint density at radius 1 is 1.40 bits per heavy atom. The molecule has 4 nitrogen and oxygen atoms in total. The first kappa shape index (κ1) is 10.9. The van der Waals surface area contributed by atoms with Crippen molar-refractivity contribution in [1.29, 1.82) is 0 Å². The summed E-state index contributed by atoms with van der Waals surface area (Å²) in [5.41, 5.74) is -0.0862. The molecule has 1 saturated carbocycles. The fourth-order valence-corrected chi connectivity index (χ4v) is 2.02. The van der Waals surface area contributed by atoms with Crippen LogP contribution in [-0.2, 0) is 9.53 Å². The van der Waals surface area contributed by atoms with Crippen LogP contribution in [0, 0.1) is 0 Å². The van der Waals surface area contributed by atoms with Gasteiger partial charge in [-0.25, -0.2) is 0 Å². The largest absolute Gasteiger partial charge is 0.363 e. The van der Waals surface area contributed by atoms with E-state index in [4.69, 9.17) is 4.74 Å². The molecule has 2 fully saturated rings. The molecule has 0 radical (unpaired) electrons. The zero-order valence-corrected chi connectivity index (χ0v) is 9.56. The monoisotopic (exact) mass is 212 g/mol. The SMILES string of the molecule is CC1(NC(=O)COC2(C)CNC2)CCC1. The van der Waals surface area contributed by atoms with Gasteiger partial charge in [0.05, 0.1) is 5.60 Å². The van der Waals surface area contributed by atoms with Crippen LogP contribution in [0.5, 0.6) is 0 Å². The summed E-state index contributed by atoms with van der Waals surface area (Å²) in [6.45, 7) is 6.01. The number of amides is 1. The van der Waals surface area contributed by atoms with Gasteiger partial charge in [0.15, 0.2) is 0 Å². The first-order chi connectivity index (χ1) is 7.02. The third kappa shape index (κ3) is 2.49. The number of nitrogens with one attached hydrogen (secondary N) is 2. The molecule has 2 rings (SSSR count). The summed E-state index contributed by atoms with van der Waals surface area (Å²) in [5.74, 6) is 0.0188. The van der Waals surface area contributed by atoms with Crippen molar-refractivity contribution in [2.24, 2.45) is 0 Å². The third-order valence-corrected chi connectivity index (χ3v) is 3.45. The van der Waals surface area contributed by atoms with Crippen LogP contribution >= 0.6 is 0 Å². The summed E-state index contributed by atoms with van der Waals surface area (Å²) in [4.78, 5) is 11.6. The normalized spacial score (nSPS) is 26.3. The Morgan fingerprint density at radius 3 is 2.47 bits per heavy atom. The van der Waals surface area contributed by atoms with Crippen molar-refractivity contribution in [3.63, 3.8) is 0 Å². The molecule has 0 bridgehead atoms. The number of carbonyl (C=O) groups excluding carboxylic acids is 1. The zero-order valence-electron chi connectivity index (χ0n) is 9.56. The van der Waals surface area contributed by atoms with Gasteiger partial charge in [-0.3, -0.25) is 4.79 Å². The smallest absolute Gasteiger partial charge is 0.246 e. The fraction of sp³-hybridized carbons (Fsp3) is 0.909. The number of ether oxygens (including phenoxy) is 1. The van der Waals surface area contributed by atoms with Gasteiger partial charge in [-0.1, -0.05) is 0 Å². The van der Waals surface area contributed by atoms with E-state index in [-0.39, 0.29) is 23.7 Å². The first-order valence-electron chi connectivity index (χ1n) is 5.67. The van der Waals surface area contributed by atoms with E-state index in [1.54, 1.807) is 0 Å². The molecule has 0 aromatic rings. The molecule has 0 aromatic carbocycles. The molecule has 15 heavy (non-hydrogen) atoms. The molecule has 1 aliphatic heterocycles. The van der Waals surface area contributed by atoms with Crippen LogP contribution in [0.3, 0.4) is 0 Å². The second-order valence-corrected chi connectivity index (χ2v) is 5.30. The van der Waals surface area contributed by atoms with Crippen molar-refractivity contribution >= 4 is 5.91 Å². The van der Waals surface area contributed by atoms with Crippen LogP contribution in [0.25, 0.3) is 0 Å². The van der Waals surface area contributed by atoms with Crippen LogP contribution in [0.2, 0.25) is 0 Å². The molecular formula is C11H20N2O2. The maximum Gasteiger partial charge on any atom is 0.246 e. The first-order valence-corrected chi connectivity index (χ1v) is 5.67. The lowest BCUT2D eigenvalue weighted by Gasteiger charge is -2.41. The van der Waals surface area contributed by atoms with E-state index in [1.807, 2.05) is 6.92 Å². The highest BCUT2D eigenvalue weighted by Crippen LogP contribution is 2.30. The lowest BCUT2D eigenvalue weighted by atomic mass is 9.78. The van der Waals surface area contributed by atoms with Gasteiger partial charge in [0.25, 0.3) is 0 Å². The van der Waals surface area contributed by atoms with E-state index in [0.29, 0.717) is 0 Å². The van der Waals surface area contributed by atoms with E-state index in [2.05, 4.69) is 17.6 Å². The Hall–Kier alpha value is -0.610. The van der Waals surface area contributed by atoms with Crippen molar-refractivity contribution in [2.45, 2.75) is 44.2 Å². The molecule has 86 valence electrons. The van der Waals surface area contributed by atoms with Gasteiger partial charge < -0.3 is 15.4 Å². The van der Waals surface area contributed by atoms with Crippen molar-refractivity contribution in [1.82, 2.24) is 10.6 Å². The lowest BCUT2D eigenvalue weighted by Crippen LogP contribution is -2.60. The van der Waals surface area contributed by atoms with Gasteiger partial charge in [-0.2, -0.15) is 0 Å². The van der Waals surface area contributed by atoms with E-state index >= 15 is 0 Å². The molecule has 2 aliphatic rings. The average molecular weight is 212 g/mol. The molecule has 0 atom stereocenters. The summed E-state index contributed by atoms with van der Waals surface area (Å²) >= 11 is 0. The molecule has 0 aromatic heterocycles. The summed E-state index contributed by atoms with van der Waals surface area (Å²) in [6, 6.07) is 0. The molecule has 1 amide bonds. The van der Waals surface area contributed by atoms with Crippen LogP contribution in [0.4, 0.5) is 0 Å². The topological polar surface area (TPSA) is 50.4 Å². The minimum atomic E-state index is -0.127. The van der Waals surface area contributed by atoms with Crippen molar-refractivity contribution in [3.8, 4) is 0 Å². The summed E-state index contributed by atoms with van der Waals surface area (Å²) in [6.07, 6.45) is 3.41. The third-order valence-electron chi connectivity index (χ3n) is 3.45. The summed E-state index contributed by atoms with van der Waals surface area (Å²) in [5, 5.41) is 6.17. The summed E-state index contributed by atoms with van der Waals surface area (Å²) < 4.78 is 5.57. The van der Waals surface area contributed by atoms with Crippen molar-refractivity contribution in [3.05, 3.63) is 0 Å². The van der Waals surface area contributed by atoms with E-state index in [1.165, 1.54) is 6.42 Å². The predicted octanol–water partition coefficient (Wildman–Crippen LogP) is 0.424. The number of hydrogen-bond acceptors (Lipinski definition) is 3. The highest BCUT2D eigenvalue weighted by molar-refractivity contribution is 5.78.